The van der Waals surface area contributed by atoms with Crippen molar-refractivity contribution in [3.8, 4) is 0 Å². The van der Waals surface area contributed by atoms with Crippen LogP contribution in [0.25, 0.3) is 11.0 Å². The lowest BCUT2D eigenvalue weighted by Crippen LogP contribution is -2.11. The number of hydrogen-bond donors (Lipinski definition) is 1. The lowest BCUT2D eigenvalue weighted by atomic mass is 10.1. The predicted molar refractivity (Wildman–Crippen MR) is 87.1 cm³/mol. The molecule has 3 aromatic rings. The molecule has 118 valence electrons. The van der Waals surface area contributed by atoms with Crippen LogP contribution in [0.15, 0.2) is 28.8 Å². The molecule has 0 fully saturated rings. The van der Waals surface area contributed by atoms with Gasteiger partial charge in [0.2, 0.25) is 0 Å². The number of fused-ring (bicyclic) bond motifs is 1. The number of carbonyl (C=O) groups excluding carboxylic acids is 1. The number of hydrogen-bond acceptors (Lipinski definition) is 6. The second-order valence-electron chi connectivity index (χ2n) is 5.33. The number of nitrogens with zero attached hydrogens (tertiary/aromatic N) is 2. The van der Waals surface area contributed by atoms with Crippen molar-refractivity contribution < 1.29 is 14.1 Å². The van der Waals surface area contributed by atoms with Crippen molar-refractivity contribution in [3.63, 3.8) is 0 Å². The van der Waals surface area contributed by atoms with Crippen molar-refractivity contribution in [2.45, 2.75) is 20.8 Å². The van der Waals surface area contributed by atoms with E-state index < -0.39 is 5.97 Å². The standard InChI is InChI=1S/C17H17N3O3/c1-9-7-5-6-8-12(9)18-13-10(2)14-15(11(3)23-20-14)19-16(13)17(21)22-4/h5-8,18H,1-4H3. The van der Waals surface area contributed by atoms with Gasteiger partial charge in [-0.25, -0.2) is 9.78 Å². The van der Waals surface area contributed by atoms with Crippen molar-refractivity contribution in [1.82, 2.24) is 10.1 Å². The molecule has 0 bridgehead atoms. The van der Waals surface area contributed by atoms with Gasteiger partial charge in [-0.1, -0.05) is 23.4 Å². The third-order valence-corrected chi connectivity index (χ3v) is 3.81. The SMILES string of the molecule is COC(=O)c1nc2c(C)onc2c(C)c1Nc1ccccc1C. The molecule has 1 N–H and O–H groups in total. The first-order valence-electron chi connectivity index (χ1n) is 7.20. The van der Waals surface area contributed by atoms with Crippen LogP contribution in [0.4, 0.5) is 11.4 Å². The van der Waals surface area contributed by atoms with Crippen LogP contribution in [0.2, 0.25) is 0 Å². The second-order valence-corrected chi connectivity index (χ2v) is 5.33. The average molecular weight is 311 g/mol. The van der Waals surface area contributed by atoms with Crippen LogP contribution < -0.4 is 5.32 Å². The molecule has 0 spiro atoms. The number of rotatable bonds is 3. The number of aryl methyl sites for hydroxylation is 3. The molecule has 0 unspecified atom stereocenters. The van der Waals surface area contributed by atoms with Crippen LogP contribution >= 0.6 is 0 Å². The first kappa shape index (κ1) is 15.0. The Morgan fingerprint density at radius 2 is 1.91 bits per heavy atom. The number of pyridine rings is 1. The summed E-state index contributed by atoms with van der Waals surface area (Å²) in [6.07, 6.45) is 0. The van der Waals surface area contributed by atoms with Crippen molar-refractivity contribution in [3.05, 3.63) is 46.8 Å². The largest absolute Gasteiger partial charge is 0.464 e. The summed E-state index contributed by atoms with van der Waals surface area (Å²) in [5, 5.41) is 7.32. The smallest absolute Gasteiger partial charge is 0.358 e. The van der Waals surface area contributed by atoms with Gasteiger partial charge in [-0.15, -0.1) is 0 Å². The van der Waals surface area contributed by atoms with Crippen LogP contribution in [0, 0.1) is 20.8 Å². The van der Waals surface area contributed by atoms with E-state index in [4.69, 9.17) is 9.26 Å². The van der Waals surface area contributed by atoms with E-state index in [0.717, 1.165) is 16.8 Å². The Balaban J connectivity index is 2.23. The monoisotopic (exact) mass is 311 g/mol. The molecular formula is C17H17N3O3. The predicted octanol–water partition coefficient (Wildman–Crippen LogP) is 3.68. The van der Waals surface area contributed by atoms with E-state index in [1.807, 2.05) is 38.1 Å². The zero-order valence-corrected chi connectivity index (χ0v) is 13.4. The van der Waals surface area contributed by atoms with Gasteiger partial charge < -0.3 is 14.6 Å². The number of carbonyl (C=O) groups is 1. The number of esters is 1. The summed E-state index contributed by atoms with van der Waals surface area (Å²) < 4.78 is 10.1. The number of benzene rings is 1. The molecule has 2 heterocycles. The Morgan fingerprint density at radius 3 is 2.61 bits per heavy atom. The molecule has 0 aliphatic carbocycles. The topological polar surface area (TPSA) is 77.2 Å². The molecule has 3 rings (SSSR count). The maximum absolute atomic E-state index is 12.2. The summed E-state index contributed by atoms with van der Waals surface area (Å²) in [7, 11) is 1.33. The second kappa shape index (κ2) is 5.72. The van der Waals surface area contributed by atoms with Gasteiger partial charge in [0.25, 0.3) is 0 Å². The highest BCUT2D eigenvalue weighted by Gasteiger charge is 2.22. The van der Waals surface area contributed by atoms with E-state index in [-0.39, 0.29) is 5.69 Å². The van der Waals surface area contributed by atoms with Gasteiger partial charge in [0.15, 0.2) is 11.5 Å². The fourth-order valence-electron chi connectivity index (χ4n) is 2.45. The molecule has 6 heteroatoms. The van der Waals surface area contributed by atoms with Crippen LogP contribution in [-0.4, -0.2) is 23.2 Å². The van der Waals surface area contributed by atoms with Crippen molar-refractivity contribution in [2.75, 3.05) is 12.4 Å². The number of ether oxygens (including phenoxy) is 1. The number of aromatic nitrogens is 2. The third-order valence-electron chi connectivity index (χ3n) is 3.81. The maximum atomic E-state index is 12.2. The Bertz CT molecular complexity index is 899. The van der Waals surface area contributed by atoms with Crippen LogP contribution in [0.3, 0.4) is 0 Å². The third kappa shape index (κ3) is 2.52. The van der Waals surface area contributed by atoms with Crippen LogP contribution in [0.5, 0.6) is 0 Å². The quantitative estimate of drug-likeness (QED) is 0.743. The van der Waals surface area contributed by atoms with Gasteiger partial charge in [0.1, 0.15) is 11.0 Å². The lowest BCUT2D eigenvalue weighted by Gasteiger charge is -2.15. The van der Waals surface area contributed by atoms with E-state index in [0.29, 0.717) is 22.5 Å². The van der Waals surface area contributed by atoms with Crippen LogP contribution in [-0.2, 0) is 4.74 Å². The molecule has 0 atom stereocenters. The van der Waals surface area contributed by atoms with E-state index in [9.17, 15) is 4.79 Å². The summed E-state index contributed by atoms with van der Waals surface area (Å²) in [6.45, 7) is 5.62. The first-order chi connectivity index (χ1) is 11.0. The fraction of sp³-hybridized carbons (Fsp3) is 0.235. The minimum absolute atomic E-state index is 0.215. The molecule has 0 aliphatic heterocycles. The molecule has 0 amide bonds. The van der Waals surface area contributed by atoms with Gasteiger partial charge in [-0.05, 0) is 32.4 Å². The molecule has 1 aromatic carbocycles. The molecule has 6 nitrogen and oxygen atoms in total. The van der Waals surface area contributed by atoms with Gasteiger partial charge in [-0.3, -0.25) is 0 Å². The van der Waals surface area contributed by atoms with Crippen molar-refractivity contribution in [1.29, 1.82) is 0 Å². The zero-order chi connectivity index (χ0) is 16.6. The van der Waals surface area contributed by atoms with E-state index in [1.165, 1.54) is 7.11 Å². The highest BCUT2D eigenvalue weighted by Crippen LogP contribution is 2.31. The molecular weight excluding hydrogens is 294 g/mol. The number of nitrogens with one attached hydrogen (secondary N) is 1. The summed E-state index contributed by atoms with van der Waals surface area (Å²) in [5.41, 5.74) is 4.72. The normalized spacial score (nSPS) is 10.8. The minimum Gasteiger partial charge on any atom is -0.464 e. The molecule has 0 saturated heterocycles. The summed E-state index contributed by atoms with van der Waals surface area (Å²) in [6, 6.07) is 7.81. The molecule has 0 radical (unpaired) electrons. The number of anilines is 2. The van der Waals surface area contributed by atoms with E-state index in [2.05, 4.69) is 15.5 Å². The highest BCUT2D eigenvalue weighted by atomic mass is 16.5. The molecule has 2 aromatic heterocycles. The van der Waals surface area contributed by atoms with Gasteiger partial charge in [0, 0.05) is 11.3 Å². The summed E-state index contributed by atoms with van der Waals surface area (Å²) in [4.78, 5) is 16.6. The maximum Gasteiger partial charge on any atom is 0.358 e. The Hall–Kier alpha value is -2.89. The Morgan fingerprint density at radius 1 is 1.17 bits per heavy atom. The number of para-hydroxylation sites is 1. The van der Waals surface area contributed by atoms with E-state index >= 15 is 0 Å². The van der Waals surface area contributed by atoms with Crippen molar-refractivity contribution in [2.24, 2.45) is 0 Å². The highest BCUT2D eigenvalue weighted by molar-refractivity contribution is 6.00. The number of methoxy groups -OCH3 is 1. The molecule has 0 aliphatic rings. The van der Waals surface area contributed by atoms with E-state index in [1.54, 1.807) is 6.92 Å². The zero-order valence-electron chi connectivity index (χ0n) is 13.4. The van der Waals surface area contributed by atoms with Gasteiger partial charge >= 0.3 is 5.97 Å². The first-order valence-corrected chi connectivity index (χ1v) is 7.20. The molecule has 23 heavy (non-hydrogen) atoms. The fourth-order valence-corrected chi connectivity index (χ4v) is 2.45. The van der Waals surface area contributed by atoms with Gasteiger partial charge in [-0.2, -0.15) is 0 Å². The Labute approximate surface area is 133 Å². The molecule has 0 saturated carbocycles. The van der Waals surface area contributed by atoms with Crippen molar-refractivity contribution >= 4 is 28.4 Å². The summed E-state index contributed by atoms with van der Waals surface area (Å²) >= 11 is 0. The minimum atomic E-state index is -0.508. The Kier molecular flexibility index (Phi) is 3.73. The average Bonchev–Trinajstić information content (AvgIpc) is 2.92. The summed E-state index contributed by atoms with van der Waals surface area (Å²) in [5.74, 6) is 0.0578. The lowest BCUT2D eigenvalue weighted by molar-refractivity contribution is 0.0595. The van der Waals surface area contributed by atoms with Gasteiger partial charge in [0.05, 0.1) is 12.8 Å². The van der Waals surface area contributed by atoms with Crippen LogP contribution in [0.1, 0.15) is 27.4 Å².